The van der Waals surface area contributed by atoms with E-state index in [0.29, 0.717) is 48.5 Å². The average molecular weight is 457 g/mol. The lowest BCUT2D eigenvalue weighted by molar-refractivity contribution is -0.131. The Balaban J connectivity index is 1.79. The molecule has 2 aromatic rings. The third-order valence-electron chi connectivity index (χ3n) is 6.03. The lowest BCUT2D eigenvalue weighted by Crippen LogP contribution is -2.50. The van der Waals surface area contributed by atoms with Gasteiger partial charge in [-0.05, 0) is 45.2 Å². The third-order valence-corrected chi connectivity index (χ3v) is 6.99. The number of fused-ring (bicyclic) bond motifs is 1. The highest BCUT2D eigenvalue weighted by molar-refractivity contribution is 7.99. The quantitative estimate of drug-likeness (QED) is 0.322. The molecule has 0 N–H and O–H groups in total. The average Bonchev–Trinajstić information content (AvgIpc) is 2.81. The summed E-state index contributed by atoms with van der Waals surface area (Å²) in [4.78, 5) is 32.4. The van der Waals surface area contributed by atoms with Gasteiger partial charge < -0.3 is 9.64 Å². The van der Waals surface area contributed by atoms with E-state index >= 15 is 0 Å². The minimum atomic E-state index is -0.722. The number of rotatable bonds is 9. The number of hydrogen-bond donors (Lipinski definition) is 0. The Morgan fingerprint density at radius 1 is 1.31 bits per heavy atom. The maximum absolute atomic E-state index is 13.1. The van der Waals surface area contributed by atoms with Gasteiger partial charge in [-0.15, -0.1) is 0 Å². The number of aromatic nitrogens is 2. The highest BCUT2D eigenvalue weighted by atomic mass is 32.2. The number of benzene rings is 1. The second kappa shape index (κ2) is 11.0. The molecular weight excluding hydrogens is 424 g/mol. The van der Waals surface area contributed by atoms with Gasteiger partial charge in [-0.3, -0.25) is 14.2 Å². The van der Waals surface area contributed by atoms with E-state index in [0.717, 1.165) is 19.3 Å². The van der Waals surface area contributed by atoms with Gasteiger partial charge in [0.1, 0.15) is 5.54 Å². The van der Waals surface area contributed by atoms with Gasteiger partial charge in [0.2, 0.25) is 5.91 Å². The highest BCUT2D eigenvalue weighted by Crippen LogP contribution is 2.33. The number of ether oxygens (including phenoxy) is 1. The van der Waals surface area contributed by atoms with Crippen LogP contribution < -0.4 is 5.56 Å². The van der Waals surface area contributed by atoms with Gasteiger partial charge in [0.05, 0.1) is 28.8 Å². The Labute approximate surface area is 193 Å². The largest absolute Gasteiger partial charge is 0.379 e. The summed E-state index contributed by atoms with van der Waals surface area (Å²) in [7, 11) is 1.72. The van der Waals surface area contributed by atoms with Crippen LogP contribution in [0.3, 0.4) is 0 Å². The van der Waals surface area contributed by atoms with E-state index < -0.39 is 5.54 Å². The lowest BCUT2D eigenvalue weighted by Gasteiger charge is -2.39. The smallest absolute Gasteiger partial charge is 0.262 e. The molecule has 1 heterocycles. The number of hydrogen-bond acceptors (Lipinski definition) is 6. The number of nitrogens with zero attached hydrogens (tertiary/aromatic N) is 4. The Bertz CT molecular complexity index is 1040. The Kier molecular flexibility index (Phi) is 8.32. The number of thioether (sulfide) groups is 1. The first kappa shape index (κ1) is 24.3. The molecule has 1 aliphatic rings. The van der Waals surface area contributed by atoms with Crippen molar-refractivity contribution in [2.45, 2.75) is 75.7 Å². The summed E-state index contributed by atoms with van der Waals surface area (Å²) in [5.74, 6) is 0.0169. The molecule has 1 aliphatic carbocycles. The van der Waals surface area contributed by atoms with Crippen LogP contribution in [0.5, 0.6) is 0 Å². The lowest BCUT2D eigenvalue weighted by atomic mass is 9.81. The standard InChI is InChI=1S/C24H32N4O3S/c1-18(2)31-15-9-14-28-22(30)19-10-5-6-11-20(19)26-23(28)32-16-21(29)27(3)24(17-25)12-7-4-8-13-24/h5-6,10-11,18H,4,7-9,12-16H2,1-3H3. The zero-order chi connectivity index (χ0) is 23.1. The minimum absolute atomic E-state index is 0.107. The first-order chi connectivity index (χ1) is 15.4. The van der Waals surface area contributed by atoms with Crippen LogP contribution in [0.15, 0.2) is 34.2 Å². The van der Waals surface area contributed by atoms with Crippen LogP contribution in [0.25, 0.3) is 10.9 Å². The Morgan fingerprint density at radius 3 is 2.72 bits per heavy atom. The topological polar surface area (TPSA) is 88.2 Å². The van der Waals surface area contributed by atoms with Crippen LogP contribution in [-0.4, -0.2) is 51.4 Å². The Hall–Kier alpha value is -2.37. The molecule has 0 radical (unpaired) electrons. The molecule has 0 unspecified atom stereocenters. The molecule has 32 heavy (non-hydrogen) atoms. The first-order valence-corrected chi connectivity index (χ1v) is 12.3. The number of nitriles is 1. The summed E-state index contributed by atoms with van der Waals surface area (Å²) < 4.78 is 7.26. The summed E-state index contributed by atoms with van der Waals surface area (Å²) in [6, 6.07) is 9.66. The van der Waals surface area contributed by atoms with Crippen molar-refractivity contribution in [3.8, 4) is 6.07 Å². The van der Waals surface area contributed by atoms with Crippen molar-refractivity contribution in [3.05, 3.63) is 34.6 Å². The number of carbonyl (C=O) groups is 1. The highest BCUT2D eigenvalue weighted by Gasteiger charge is 2.38. The molecule has 0 aliphatic heterocycles. The van der Waals surface area contributed by atoms with Crippen molar-refractivity contribution in [1.82, 2.24) is 14.5 Å². The Morgan fingerprint density at radius 2 is 2.03 bits per heavy atom. The molecule has 1 aromatic heterocycles. The van der Waals surface area contributed by atoms with Gasteiger partial charge in [-0.1, -0.05) is 43.2 Å². The summed E-state index contributed by atoms with van der Waals surface area (Å²) in [6.07, 6.45) is 5.27. The maximum atomic E-state index is 13.1. The predicted molar refractivity (Wildman–Crippen MR) is 127 cm³/mol. The summed E-state index contributed by atoms with van der Waals surface area (Å²) >= 11 is 1.26. The van der Waals surface area contributed by atoms with E-state index in [-0.39, 0.29) is 23.3 Å². The minimum Gasteiger partial charge on any atom is -0.379 e. The van der Waals surface area contributed by atoms with Gasteiger partial charge in [0.25, 0.3) is 5.56 Å². The molecule has 0 spiro atoms. The molecule has 0 saturated heterocycles. The fraction of sp³-hybridized carbons (Fsp3) is 0.583. The van der Waals surface area contributed by atoms with Crippen molar-refractivity contribution in [3.63, 3.8) is 0 Å². The molecule has 1 fully saturated rings. The van der Waals surface area contributed by atoms with Crippen molar-refractivity contribution < 1.29 is 9.53 Å². The molecule has 0 bridgehead atoms. The molecule has 7 nitrogen and oxygen atoms in total. The molecule has 8 heteroatoms. The van der Waals surface area contributed by atoms with Crippen molar-refractivity contribution in [1.29, 1.82) is 5.26 Å². The summed E-state index contributed by atoms with van der Waals surface area (Å²) in [6.45, 7) is 4.98. The van der Waals surface area contributed by atoms with E-state index in [2.05, 4.69) is 11.1 Å². The van der Waals surface area contributed by atoms with E-state index in [1.807, 2.05) is 32.0 Å². The van der Waals surface area contributed by atoms with E-state index in [4.69, 9.17) is 4.74 Å². The van der Waals surface area contributed by atoms with Gasteiger partial charge in [-0.25, -0.2) is 4.98 Å². The normalized spacial score (nSPS) is 15.6. The van der Waals surface area contributed by atoms with Gasteiger partial charge in [-0.2, -0.15) is 5.26 Å². The zero-order valence-corrected chi connectivity index (χ0v) is 20.0. The molecule has 1 aromatic carbocycles. The molecule has 0 atom stereocenters. The van der Waals surface area contributed by atoms with E-state index in [9.17, 15) is 14.9 Å². The van der Waals surface area contributed by atoms with Crippen LogP contribution in [0, 0.1) is 11.3 Å². The van der Waals surface area contributed by atoms with Gasteiger partial charge in [0.15, 0.2) is 5.16 Å². The van der Waals surface area contributed by atoms with Gasteiger partial charge in [0, 0.05) is 20.2 Å². The van der Waals surface area contributed by atoms with Crippen LogP contribution in [-0.2, 0) is 16.1 Å². The summed E-state index contributed by atoms with van der Waals surface area (Å²) in [5, 5.41) is 10.9. The molecule has 3 rings (SSSR count). The number of para-hydroxylation sites is 1. The fourth-order valence-electron chi connectivity index (χ4n) is 4.12. The van der Waals surface area contributed by atoms with Crippen LogP contribution in [0.1, 0.15) is 52.4 Å². The summed E-state index contributed by atoms with van der Waals surface area (Å²) in [5.41, 5.74) is -0.207. The zero-order valence-electron chi connectivity index (χ0n) is 19.2. The third kappa shape index (κ3) is 5.51. The SMILES string of the molecule is CC(C)OCCCn1c(SCC(=O)N(C)C2(C#N)CCCCC2)nc2ccccc2c1=O. The molecule has 1 amide bonds. The first-order valence-electron chi connectivity index (χ1n) is 11.3. The molecular formula is C24H32N4O3S. The van der Waals surface area contributed by atoms with Crippen molar-refractivity contribution in [2.75, 3.05) is 19.4 Å². The number of carbonyl (C=O) groups excluding carboxylic acids is 1. The van der Waals surface area contributed by atoms with Gasteiger partial charge >= 0.3 is 0 Å². The molecule has 1 saturated carbocycles. The van der Waals surface area contributed by atoms with E-state index in [1.54, 1.807) is 22.6 Å². The van der Waals surface area contributed by atoms with Crippen molar-refractivity contribution in [2.24, 2.45) is 0 Å². The van der Waals surface area contributed by atoms with Crippen LogP contribution in [0.4, 0.5) is 0 Å². The predicted octanol–water partition coefficient (Wildman–Crippen LogP) is 3.99. The van der Waals surface area contributed by atoms with E-state index in [1.165, 1.54) is 11.8 Å². The number of amides is 1. The van der Waals surface area contributed by atoms with Crippen LogP contribution >= 0.6 is 11.8 Å². The monoisotopic (exact) mass is 456 g/mol. The van der Waals surface area contributed by atoms with Crippen LogP contribution in [0.2, 0.25) is 0 Å². The fourth-order valence-corrected chi connectivity index (χ4v) is 5.06. The second-order valence-electron chi connectivity index (χ2n) is 8.59. The van der Waals surface area contributed by atoms with Crippen molar-refractivity contribution >= 4 is 28.6 Å². The molecule has 172 valence electrons. The second-order valence-corrected chi connectivity index (χ2v) is 9.53. The maximum Gasteiger partial charge on any atom is 0.262 e.